The van der Waals surface area contributed by atoms with Crippen molar-refractivity contribution in [2.45, 2.75) is 38.6 Å². The van der Waals surface area contributed by atoms with Crippen LogP contribution in [-0.2, 0) is 11.2 Å². The fourth-order valence-corrected chi connectivity index (χ4v) is 3.30. The summed E-state index contributed by atoms with van der Waals surface area (Å²) in [5.74, 6) is 1.66. The zero-order chi connectivity index (χ0) is 15.8. The zero-order valence-corrected chi connectivity index (χ0v) is 13.2. The molecule has 118 valence electrons. The second kappa shape index (κ2) is 5.72. The summed E-state index contributed by atoms with van der Waals surface area (Å²) in [6.07, 6.45) is 9.36. The van der Waals surface area contributed by atoms with Gasteiger partial charge in [-0.2, -0.15) is 0 Å². The Balaban J connectivity index is 1.58. The lowest BCUT2D eigenvalue weighted by atomic mass is 9.92. The SMILES string of the molecule is C[C@@H]1C[C@@H]1C(=O)N[C@H]1CCCc2nc(-c3ccncc3)ncc21. The molecule has 1 saturated carbocycles. The van der Waals surface area contributed by atoms with Crippen molar-refractivity contribution in [2.75, 3.05) is 0 Å². The minimum absolute atomic E-state index is 0.0607. The number of hydrogen-bond donors (Lipinski definition) is 1. The summed E-state index contributed by atoms with van der Waals surface area (Å²) in [6.45, 7) is 2.13. The third-order valence-electron chi connectivity index (χ3n) is 4.88. The van der Waals surface area contributed by atoms with Crippen molar-refractivity contribution in [3.05, 3.63) is 42.0 Å². The van der Waals surface area contributed by atoms with Crippen molar-refractivity contribution < 1.29 is 4.79 Å². The fourth-order valence-electron chi connectivity index (χ4n) is 3.30. The summed E-state index contributed by atoms with van der Waals surface area (Å²) in [5.41, 5.74) is 3.11. The van der Waals surface area contributed by atoms with Gasteiger partial charge in [0.25, 0.3) is 0 Å². The van der Waals surface area contributed by atoms with Gasteiger partial charge in [0.2, 0.25) is 5.91 Å². The fraction of sp³-hybridized carbons (Fsp3) is 0.444. The van der Waals surface area contributed by atoms with Crippen molar-refractivity contribution >= 4 is 5.91 Å². The largest absolute Gasteiger partial charge is 0.349 e. The molecule has 2 aliphatic rings. The van der Waals surface area contributed by atoms with Gasteiger partial charge < -0.3 is 5.32 Å². The highest BCUT2D eigenvalue weighted by Crippen LogP contribution is 2.39. The number of amides is 1. The van der Waals surface area contributed by atoms with Gasteiger partial charge in [-0.3, -0.25) is 9.78 Å². The summed E-state index contributed by atoms with van der Waals surface area (Å²) in [5, 5.41) is 3.20. The highest BCUT2D eigenvalue weighted by molar-refractivity contribution is 5.81. The van der Waals surface area contributed by atoms with Crippen LogP contribution >= 0.6 is 0 Å². The summed E-state index contributed by atoms with van der Waals surface area (Å²) < 4.78 is 0. The quantitative estimate of drug-likeness (QED) is 0.946. The van der Waals surface area contributed by atoms with Gasteiger partial charge in [0.15, 0.2) is 5.82 Å². The lowest BCUT2D eigenvalue weighted by Crippen LogP contribution is -2.32. The van der Waals surface area contributed by atoms with Gasteiger partial charge in [0.1, 0.15) is 0 Å². The van der Waals surface area contributed by atoms with Crippen LogP contribution in [0, 0.1) is 11.8 Å². The summed E-state index contributed by atoms with van der Waals surface area (Å²) in [7, 11) is 0. The summed E-state index contributed by atoms with van der Waals surface area (Å²) in [4.78, 5) is 25.5. The van der Waals surface area contributed by atoms with Crippen LogP contribution in [0.5, 0.6) is 0 Å². The third-order valence-corrected chi connectivity index (χ3v) is 4.88. The van der Waals surface area contributed by atoms with Gasteiger partial charge in [-0.15, -0.1) is 0 Å². The molecular formula is C18H20N4O. The van der Waals surface area contributed by atoms with E-state index in [9.17, 15) is 4.79 Å². The number of rotatable bonds is 3. The Kier molecular flexibility index (Phi) is 3.56. The molecule has 0 aliphatic heterocycles. The van der Waals surface area contributed by atoms with Crippen molar-refractivity contribution in [1.29, 1.82) is 0 Å². The second-order valence-corrected chi connectivity index (χ2v) is 6.60. The van der Waals surface area contributed by atoms with Crippen LogP contribution in [0.25, 0.3) is 11.4 Å². The molecule has 2 aliphatic carbocycles. The van der Waals surface area contributed by atoms with Crippen molar-refractivity contribution in [2.24, 2.45) is 11.8 Å². The van der Waals surface area contributed by atoms with Gasteiger partial charge in [0.05, 0.1) is 6.04 Å². The van der Waals surface area contributed by atoms with Gasteiger partial charge in [-0.25, -0.2) is 9.97 Å². The van der Waals surface area contributed by atoms with Gasteiger partial charge in [0, 0.05) is 41.3 Å². The third kappa shape index (κ3) is 2.83. The Hall–Kier alpha value is -2.30. The Morgan fingerprint density at radius 1 is 1.30 bits per heavy atom. The average Bonchev–Trinajstić information content (AvgIpc) is 3.32. The summed E-state index contributed by atoms with van der Waals surface area (Å²) in [6, 6.07) is 3.89. The molecule has 4 rings (SSSR count). The maximum atomic E-state index is 12.2. The number of carbonyl (C=O) groups is 1. The highest BCUT2D eigenvalue weighted by atomic mass is 16.2. The molecule has 0 aromatic carbocycles. The van der Waals surface area contributed by atoms with Crippen LogP contribution in [-0.4, -0.2) is 20.9 Å². The van der Waals surface area contributed by atoms with Crippen LogP contribution < -0.4 is 5.32 Å². The van der Waals surface area contributed by atoms with Crippen LogP contribution in [0.4, 0.5) is 0 Å². The molecule has 0 unspecified atom stereocenters. The molecule has 2 heterocycles. The van der Waals surface area contributed by atoms with Gasteiger partial charge in [-0.05, 0) is 43.7 Å². The number of fused-ring (bicyclic) bond motifs is 1. The number of nitrogens with zero attached hydrogens (tertiary/aromatic N) is 3. The summed E-state index contributed by atoms with van der Waals surface area (Å²) >= 11 is 0. The molecule has 0 radical (unpaired) electrons. The number of hydrogen-bond acceptors (Lipinski definition) is 4. The molecule has 1 amide bonds. The van der Waals surface area contributed by atoms with Crippen molar-refractivity contribution in [1.82, 2.24) is 20.3 Å². The van der Waals surface area contributed by atoms with Crippen LogP contribution in [0.2, 0.25) is 0 Å². The number of carbonyl (C=O) groups excluding carboxylic acids is 1. The second-order valence-electron chi connectivity index (χ2n) is 6.60. The number of pyridine rings is 1. The molecule has 23 heavy (non-hydrogen) atoms. The highest BCUT2D eigenvalue weighted by Gasteiger charge is 2.40. The van der Waals surface area contributed by atoms with Crippen LogP contribution in [0.1, 0.15) is 43.5 Å². The molecule has 5 nitrogen and oxygen atoms in total. The minimum atomic E-state index is 0.0607. The minimum Gasteiger partial charge on any atom is -0.349 e. The smallest absolute Gasteiger partial charge is 0.223 e. The first-order valence-electron chi connectivity index (χ1n) is 8.29. The molecule has 3 atom stereocenters. The first-order chi connectivity index (χ1) is 11.2. The number of aryl methyl sites for hydroxylation is 1. The number of aromatic nitrogens is 3. The Labute approximate surface area is 135 Å². The predicted octanol–water partition coefficient (Wildman–Crippen LogP) is 2.69. The number of nitrogens with one attached hydrogen (secondary N) is 1. The molecule has 0 bridgehead atoms. The van der Waals surface area contributed by atoms with E-state index in [4.69, 9.17) is 4.98 Å². The topological polar surface area (TPSA) is 67.8 Å². The maximum Gasteiger partial charge on any atom is 0.223 e. The maximum absolute atomic E-state index is 12.2. The van der Waals surface area contributed by atoms with E-state index in [1.54, 1.807) is 12.4 Å². The van der Waals surface area contributed by atoms with E-state index < -0.39 is 0 Å². The Bertz CT molecular complexity index is 731. The van der Waals surface area contributed by atoms with E-state index in [-0.39, 0.29) is 17.9 Å². The molecule has 0 spiro atoms. The Morgan fingerprint density at radius 3 is 2.83 bits per heavy atom. The average molecular weight is 308 g/mol. The van der Waals surface area contributed by atoms with Crippen LogP contribution in [0.3, 0.4) is 0 Å². The van der Waals surface area contributed by atoms with Gasteiger partial charge >= 0.3 is 0 Å². The van der Waals surface area contributed by atoms with Crippen LogP contribution in [0.15, 0.2) is 30.7 Å². The van der Waals surface area contributed by atoms with E-state index in [0.717, 1.165) is 48.3 Å². The van der Waals surface area contributed by atoms with E-state index in [2.05, 4.69) is 22.2 Å². The lowest BCUT2D eigenvalue weighted by Gasteiger charge is -2.25. The molecule has 2 aromatic heterocycles. The van der Waals surface area contributed by atoms with Gasteiger partial charge in [-0.1, -0.05) is 6.92 Å². The molecule has 2 aromatic rings. The van der Waals surface area contributed by atoms with Crippen molar-refractivity contribution in [3.8, 4) is 11.4 Å². The zero-order valence-electron chi connectivity index (χ0n) is 13.2. The van der Waals surface area contributed by atoms with Crippen molar-refractivity contribution in [3.63, 3.8) is 0 Å². The Morgan fingerprint density at radius 2 is 2.09 bits per heavy atom. The van der Waals surface area contributed by atoms with E-state index >= 15 is 0 Å². The monoisotopic (exact) mass is 308 g/mol. The predicted molar refractivity (Wildman–Crippen MR) is 86.4 cm³/mol. The molecular weight excluding hydrogens is 288 g/mol. The van der Waals surface area contributed by atoms with E-state index in [1.165, 1.54) is 0 Å². The molecule has 5 heteroatoms. The normalized spacial score (nSPS) is 25.5. The first kappa shape index (κ1) is 14.3. The van der Waals surface area contributed by atoms with E-state index in [0.29, 0.717) is 5.92 Å². The molecule has 1 fully saturated rings. The standard InChI is InChI=1S/C18H20N4O/c1-11-9-13(11)18(23)22-16-4-2-3-15-14(16)10-20-17(21-15)12-5-7-19-8-6-12/h5-8,10-11,13,16H,2-4,9H2,1H3,(H,22,23)/t11-,13+,16+/m1/s1. The molecule has 1 N–H and O–H groups in total. The lowest BCUT2D eigenvalue weighted by molar-refractivity contribution is -0.123. The first-order valence-corrected chi connectivity index (χ1v) is 8.29. The molecule has 0 saturated heterocycles. The van der Waals surface area contributed by atoms with E-state index in [1.807, 2.05) is 18.3 Å².